The molecule has 2 unspecified atom stereocenters. The van der Waals surface area contributed by atoms with Gasteiger partial charge in [0.2, 0.25) is 5.91 Å². The first-order chi connectivity index (χ1) is 5.99. The fourth-order valence-electron chi connectivity index (χ4n) is 0.640. The lowest BCUT2D eigenvalue weighted by Gasteiger charge is -2.10. The molecule has 4 nitrogen and oxygen atoms in total. The number of hydrogen-bond donors (Lipinski definition) is 1. The summed E-state index contributed by atoms with van der Waals surface area (Å²) in [5, 5.41) is -0.257. The summed E-state index contributed by atoms with van der Waals surface area (Å²) in [7, 11) is 1.35. The fraction of sp³-hybridized carbons (Fsp3) is 0.750. The normalized spacial score (nSPS) is 14.7. The summed E-state index contributed by atoms with van der Waals surface area (Å²) in [6, 6.07) is 0. The average molecular weight is 205 g/mol. The van der Waals surface area contributed by atoms with E-state index in [1.807, 2.05) is 0 Å². The van der Waals surface area contributed by atoms with Crippen molar-refractivity contribution in [2.24, 2.45) is 11.7 Å². The smallest absolute Gasteiger partial charge is 0.309 e. The van der Waals surface area contributed by atoms with Crippen LogP contribution in [-0.4, -0.2) is 30.0 Å². The van der Waals surface area contributed by atoms with Gasteiger partial charge in [0.05, 0.1) is 18.3 Å². The molecule has 2 atom stereocenters. The average Bonchev–Trinajstić information content (AvgIpc) is 2.11. The number of thioether (sulfide) groups is 1. The molecule has 0 fully saturated rings. The van der Waals surface area contributed by atoms with E-state index in [-0.39, 0.29) is 23.0 Å². The molecular formula is C8H15NO3S. The molecule has 0 aromatic heterocycles. The van der Waals surface area contributed by atoms with Gasteiger partial charge in [0.25, 0.3) is 0 Å². The maximum Gasteiger partial charge on any atom is 0.309 e. The largest absolute Gasteiger partial charge is 0.469 e. The zero-order chi connectivity index (χ0) is 10.4. The van der Waals surface area contributed by atoms with Crippen molar-refractivity contribution in [3.05, 3.63) is 0 Å². The van der Waals surface area contributed by atoms with Crippen molar-refractivity contribution in [2.75, 3.05) is 12.9 Å². The zero-order valence-corrected chi connectivity index (χ0v) is 8.89. The minimum absolute atomic E-state index is 0.197. The highest BCUT2D eigenvalue weighted by Gasteiger charge is 2.16. The highest BCUT2D eigenvalue weighted by atomic mass is 32.2. The molecule has 0 saturated heterocycles. The molecule has 0 aromatic carbocycles. The minimum Gasteiger partial charge on any atom is -0.469 e. The van der Waals surface area contributed by atoms with Crippen LogP contribution in [0.25, 0.3) is 0 Å². The van der Waals surface area contributed by atoms with E-state index >= 15 is 0 Å². The number of rotatable bonds is 5. The molecule has 0 rings (SSSR count). The predicted molar refractivity (Wildman–Crippen MR) is 52.3 cm³/mol. The van der Waals surface area contributed by atoms with Crippen molar-refractivity contribution in [1.82, 2.24) is 0 Å². The molecular weight excluding hydrogens is 190 g/mol. The number of hydrogen-bond acceptors (Lipinski definition) is 4. The van der Waals surface area contributed by atoms with Gasteiger partial charge in [-0.3, -0.25) is 9.59 Å². The molecule has 0 bridgehead atoms. The Morgan fingerprint density at radius 1 is 1.46 bits per heavy atom. The Morgan fingerprint density at radius 3 is 2.38 bits per heavy atom. The number of methoxy groups -OCH3 is 1. The molecule has 0 aliphatic heterocycles. The van der Waals surface area contributed by atoms with Gasteiger partial charge < -0.3 is 10.5 Å². The first kappa shape index (κ1) is 12.3. The molecule has 0 radical (unpaired) electrons. The van der Waals surface area contributed by atoms with Gasteiger partial charge in [-0.15, -0.1) is 11.8 Å². The highest BCUT2D eigenvalue weighted by molar-refractivity contribution is 8.00. The van der Waals surface area contributed by atoms with Gasteiger partial charge in [-0.25, -0.2) is 0 Å². The predicted octanol–water partition coefficient (Wildman–Crippen LogP) is 0.402. The highest BCUT2D eigenvalue weighted by Crippen LogP contribution is 2.15. The molecule has 1 amide bonds. The Bertz CT molecular complexity index is 196. The van der Waals surface area contributed by atoms with Crippen LogP contribution in [-0.2, 0) is 14.3 Å². The second-order valence-corrected chi connectivity index (χ2v) is 4.18. The third kappa shape index (κ3) is 4.77. The number of carbonyl (C=O) groups is 2. The van der Waals surface area contributed by atoms with E-state index in [0.717, 1.165) is 0 Å². The third-order valence-corrected chi connectivity index (χ3v) is 3.03. The fourth-order valence-corrected chi connectivity index (χ4v) is 1.52. The summed E-state index contributed by atoms with van der Waals surface area (Å²) in [6.07, 6.45) is 0. The Kier molecular flexibility index (Phi) is 5.53. The van der Waals surface area contributed by atoms with E-state index in [0.29, 0.717) is 5.75 Å². The Labute approximate surface area is 82.2 Å². The summed E-state index contributed by atoms with van der Waals surface area (Å²) < 4.78 is 4.54. The molecule has 0 spiro atoms. The third-order valence-electron chi connectivity index (χ3n) is 1.60. The summed E-state index contributed by atoms with van der Waals surface area (Å²) >= 11 is 1.36. The van der Waals surface area contributed by atoms with E-state index in [1.54, 1.807) is 13.8 Å². The molecule has 0 aromatic rings. The summed E-state index contributed by atoms with van der Waals surface area (Å²) in [5.41, 5.74) is 5.05. The van der Waals surface area contributed by atoms with Crippen LogP contribution in [0.4, 0.5) is 0 Å². The Balaban J connectivity index is 3.76. The quantitative estimate of drug-likeness (QED) is 0.660. The molecule has 76 valence electrons. The van der Waals surface area contributed by atoms with Gasteiger partial charge in [-0.2, -0.15) is 0 Å². The van der Waals surface area contributed by atoms with Crippen LogP contribution in [0.2, 0.25) is 0 Å². The van der Waals surface area contributed by atoms with Crippen LogP contribution in [0.3, 0.4) is 0 Å². The molecule has 5 heteroatoms. The van der Waals surface area contributed by atoms with Gasteiger partial charge in [0.1, 0.15) is 0 Å². The summed E-state index contributed by atoms with van der Waals surface area (Å²) in [6.45, 7) is 3.48. The maximum atomic E-state index is 10.9. The van der Waals surface area contributed by atoms with E-state index in [2.05, 4.69) is 4.74 Å². The van der Waals surface area contributed by atoms with Crippen LogP contribution in [0, 0.1) is 5.92 Å². The van der Waals surface area contributed by atoms with Crippen LogP contribution < -0.4 is 5.73 Å². The van der Waals surface area contributed by atoms with E-state index in [9.17, 15) is 9.59 Å². The lowest BCUT2D eigenvalue weighted by atomic mass is 10.2. The van der Waals surface area contributed by atoms with Crippen molar-refractivity contribution < 1.29 is 14.3 Å². The standard InChI is InChI=1S/C8H15NO3S/c1-5(8(11)12-3)4-13-6(2)7(9)10/h5-6H,4H2,1-3H3,(H2,9,10). The lowest BCUT2D eigenvalue weighted by molar-refractivity contribution is -0.144. The molecule has 13 heavy (non-hydrogen) atoms. The lowest BCUT2D eigenvalue weighted by Crippen LogP contribution is -2.25. The summed E-state index contributed by atoms with van der Waals surface area (Å²) in [4.78, 5) is 21.6. The number of nitrogens with two attached hydrogens (primary N) is 1. The van der Waals surface area contributed by atoms with Crippen molar-refractivity contribution in [3.63, 3.8) is 0 Å². The van der Waals surface area contributed by atoms with Crippen LogP contribution >= 0.6 is 11.8 Å². The number of primary amides is 1. The van der Waals surface area contributed by atoms with Gasteiger partial charge in [0.15, 0.2) is 0 Å². The second-order valence-electron chi connectivity index (χ2n) is 2.80. The minimum atomic E-state index is -0.359. The molecule has 2 N–H and O–H groups in total. The van der Waals surface area contributed by atoms with Gasteiger partial charge >= 0.3 is 5.97 Å². The monoisotopic (exact) mass is 205 g/mol. The number of carbonyl (C=O) groups excluding carboxylic acids is 2. The molecule has 0 aliphatic carbocycles. The SMILES string of the molecule is COC(=O)C(C)CSC(C)C(N)=O. The van der Waals surface area contributed by atoms with E-state index in [1.165, 1.54) is 18.9 Å². The number of esters is 1. The van der Waals surface area contributed by atoms with Crippen molar-refractivity contribution >= 4 is 23.6 Å². The van der Waals surface area contributed by atoms with Gasteiger partial charge in [-0.1, -0.05) is 6.92 Å². The van der Waals surface area contributed by atoms with E-state index < -0.39 is 0 Å². The maximum absolute atomic E-state index is 10.9. The topological polar surface area (TPSA) is 69.4 Å². The first-order valence-electron chi connectivity index (χ1n) is 3.97. The molecule has 0 aliphatic rings. The van der Waals surface area contributed by atoms with Gasteiger partial charge in [0, 0.05) is 5.75 Å². The van der Waals surface area contributed by atoms with Gasteiger partial charge in [-0.05, 0) is 6.92 Å². The second kappa shape index (κ2) is 5.85. The number of ether oxygens (including phenoxy) is 1. The zero-order valence-electron chi connectivity index (χ0n) is 8.07. The van der Waals surface area contributed by atoms with Crippen molar-refractivity contribution in [1.29, 1.82) is 0 Å². The molecule has 0 saturated carbocycles. The van der Waals surface area contributed by atoms with Crippen LogP contribution in [0.1, 0.15) is 13.8 Å². The van der Waals surface area contributed by atoms with Crippen molar-refractivity contribution in [3.8, 4) is 0 Å². The summed E-state index contributed by atoms with van der Waals surface area (Å²) in [5.74, 6) is -0.264. The Morgan fingerprint density at radius 2 is 2.00 bits per heavy atom. The van der Waals surface area contributed by atoms with Crippen LogP contribution in [0.15, 0.2) is 0 Å². The van der Waals surface area contributed by atoms with Crippen LogP contribution in [0.5, 0.6) is 0 Å². The first-order valence-corrected chi connectivity index (χ1v) is 5.02. The Hall–Kier alpha value is -0.710. The van der Waals surface area contributed by atoms with E-state index in [4.69, 9.17) is 5.73 Å². The number of amides is 1. The van der Waals surface area contributed by atoms with Crippen molar-refractivity contribution in [2.45, 2.75) is 19.1 Å². The molecule has 0 heterocycles.